The first-order valence-corrected chi connectivity index (χ1v) is 26.1. The van der Waals surface area contributed by atoms with Crippen LogP contribution in [0.3, 0.4) is 0 Å². The Kier molecular flexibility index (Phi) is 15.6. The van der Waals surface area contributed by atoms with Gasteiger partial charge < -0.3 is 30.9 Å². The van der Waals surface area contributed by atoms with Crippen LogP contribution >= 0.6 is 11.3 Å². The maximum atomic E-state index is 14.1. The third-order valence-electron chi connectivity index (χ3n) is 13.9. The van der Waals surface area contributed by atoms with Crippen LogP contribution < -0.4 is 20.9 Å². The van der Waals surface area contributed by atoms with E-state index in [1.807, 2.05) is 75.8 Å². The topological polar surface area (TPSA) is 183 Å². The van der Waals surface area contributed by atoms with Crippen LogP contribution in [0.25, 0.3) is 38.1 Å². The lowest BCUT2D eigenvalue weighted by atomic mass is 9.85. The summed E-state index contributed by atoms with van der Waals surface area (Å²) in [4.78, 5) is 70.2. The van der Waals surface area contributed by atoms with Gasteiger partial charge in [0.2, 0.25) is 17.7 Å². The molecule has 4 N–H and O–H groups in total. The van der Waals surface area contributed by atoms with Crippen LogP contribution in [0.1, 0.15) is 72.8 Å². The lowest BCUT2D eigenvalue weighted by Gasteiger charge is -2.36. The lowest BCUT2D eigenvalue weighted by Crippen LogP contribution is -2.57. The highest BCUT2D eigenvalue weighted by molar-refractivity contribution is 7.13. The van der Waals surface area contributed by atoms with Crippen molar-refractivity contribution in [1.29, 1.82) is 0 Å². The molecule has 396 valence electrons. The highest BCUT2D eigenvalue weighted by atomic mass is 32.1. The molecule has 0 saturated carbocycles. The van der Waals surface area contributed by atoms with Crippen LogP contribution in [0.4, 0.5) is 19.0 Å². The van der Waals surface area contributed by atoms with Gasteiger partial charge in [0.05, 0.1) is 39.8 Å². The molecular weight excluding hydrogens is 996 g/mol. The Bertz CT molecular complexity index is 3310. The number of aryl methyl sites for hydroxylation is 2. The number of hydrogen-bond donors (Lipinski definition) is 4. The molecule has 4 amide bonds. The maximum Gasteiger partial charge on any atom is 0.416 e. The van der Waals surface area contributed by atoms with E-state index < -0.39 is 41.2 Å². The molecule has 7 aromatic rings. The summed E-state index contributed by atoms with van der Waals surface area (Å²) in [7, 11) is 1.76. The van der Waals surface area contributed by atoms with Crippen molar-refractivity contribution in [3.8, 4) is 28.0 Å². The highest BCUT2D eigenvalue weighted by Gasteiger charge is 2.44. The van der Waals surface area contributed by atoms with Gasteiger partial charge in [0.1, 0.15) is 17.9 Å². The van der Waals surface area contributed by atoms with Crippen molar-refractivity contribution >= 4 is 62.7 Å². The van der Waals surface area contributed by atoms with E-state index in [0.29, 0.717) is 40.9 Å². The molecule has 2 aliphatic heterocycles. The fourth-order valence-corrected chi connectivity index (χ4v) is 10.6. The SMILES string of the molecule is Cc1ncsc1-c1ccc(CNC(=O)[C@@H]2C[C@@H](O)CN2C(=O)[C@@H](NC(=O)CCCN2CCN(c3ccc(C#CCNC(=O)c4ccc5c(c4)c4cn(C)nc4n5-c4ccc(C(F)(F)F)cc4)cn3)CC2)C(C)(C)C)cc1. The predicted octanol–water partition coefficient (Wildman–Crippen LogP) is 6.86. The summed E-state index contributed by atoms with van der Waals surface area (Å²) in [6.45, 7) is 11.7. The van der Waals surface area contributed by atoms with Crippen LogP contribution in [-0.2, 0) is 34.2 Å². The summed E-state index contributed by atoms with van der Waals surface area (Å²) in [5.74, 6) is 5.53. The van der Waals surface area contributed by atoms with Crippen molar-refractivity contribution in [3.05, 3.63) is 125 Å². The second-order valence-corrected chi connectivity index (χ2v) is 21.3. The number of carbonyl (C=O) groups is 4. The summed E-state index contributed by atoms with van der Waals surface area (Å²) >= 11 is 1.57. The fraction of sp³-hybridized carbons (Fsp3) is 0.375. The first-order chi connectivity index (χ1) is 36.3. The minimum absolute atomic E-state index is 0.00194. The van der Waals surface area contributed by atoms with E-state index in [2.05, 4.69) is 52.7 Å². The number of amides is 4. The van der Waals surface area contributed by atoms with Gasteiger partial charge in [-0.3, -0.25) is 33.3 Å². The van der Waals surface area contributed by atoms with E-state index in [1.165, 1.54) is 17.0 Å². The standard InChI is InChI=1S/C56H60F3N11O5S/c1-35-49(76-34-63-35)38-13-10-37(11-14-38)31-62-53(74)46-29-42(71)32-69(46)54(75)50(55(2,3)4)64-48(72)9-7-23-67-24-26-68(27-25-67)47-21-12-36(30-61-47)8-6-22-60-52(73)39-15-20-45-43(28-39)44-33-66(5)65-51(44)70(45)41-18-16-40(17-19-41)56(57,58)59/h10-21,28,30,33-34,42,46,50,71H,7,9,22-27,29,31-32H2,1-5H3,(H,60,73)(H,62,74)(H,64,72)/t42-,46+,50-/m1/s1. The van der Waals surface area contributed by atoms with Crippen LogP contribution in [0.15, 0.2) is 96.8 Å². The zero-order chi connectivity index (χ0) is 53.9. The Morgan fingerprint density at radius 2 is 1.66 bits per heavy atom. The number of piperazine rings is 1. The number of aromatic nitrogens is 5. The van der Waals surface area contributed by atoms with Gasteiger partial charge in [-0.25, -0.2) is 9.97 Å². The number of alkyl halides is 3. The number of likely N-dealkylation sites (tertiary alicyclic amines) is 1. The van der Waals surface area contributed by atoms with Crippen molar-refractivity contribution in [2.75, 3.05) is 50.7 Å². The summed E-state index contributed by atoms with van der Waals surface area (Å²) < 4.78 is 43.2. The zero-order valence-corrected chi connectivity index (χ0v) is 43.8. The Labute approximate surface area is 442 Å². The summed E-state index contributed by atoms with van der Waals surface area (Å²) in [6, 6.07) is 20.0. The molecule has 16 nitrogen and oxygen atoms in total. The van der Waals surface area contributed by atoms with E-state index in [4.69, 9.17) is 0 Å². The molecule has 0 radical (unpaired) electrons. The molecule has 2 aliphatic rings. The Morgan fingerprint density at radius 3 is 2.33 bits per heavy atom. The van der Waals surface area contributed by atoms with Gasteiger partial charge >= 0.3 is 6.18 Å². The number of β-amino-alcohol motifs (C(OH)–C–C–N with tert-alkyl or cyclic N) is 1. The monoisotopic (exact) mass is 1060 g/mol. The molecule has 20 heteroatoms. The van der Waals surface area contributed by atoms with E-state index >= 15 is 0 Å². The number of carbonyl (C=O) groups excluding carboxylic acids is 4. The molecule has 3 aromatic carbocycles. The van der Waals surface area contributed by atoms with E-state index in [0.717, 1.165) is 76.6 Å². The largest absolute Gasteiger partial charge is 0.416 e. The van der Waals surface area contributed by atoms with Crippen LogP contribution in [0, 0.1) is 24.2 Å². The molecule has 2 fully saturated rings. The van der Waals surface area contributed by atoms with E-state index in [9.17, 15) is 37.5 Å². The Morgan fingerprint density at radius 1 is 0.908 bits per heavy atom. The molecule has 3 atom stereocenters. The number of rotatable bonds is 14. The van der Waals surface area contributed by atoms with Crippen molar-refractivity contribution in [2.24, 2.45) is 12.5 Å². The average Bonchev–Trinajstić information content (AvgIpc) is 4.30. The number of thiazole rings is 1. The quantitative estimate of drug-likeness (QED) is 0.0841. The Hall–Kier alpha value is -7.60. The Balaban J connectivity index is 0.708. The first kappa shape index (κ1) is 53.2. The van der Waals surface area contributed by atoms with Gasteiger partial charge in [0, 0.05) is 99.1 Å². The molecule has 0 bridgehead atoms. The third kappa shape index (κ3) is 12.1. The summed E-state index contributed by atoms with van der Waals surface area (Å²) in [5, 5.41) is 25.4. The summed E-state index contributed by atoms with van der Waals surface area (Å²) in [6.07, 6.45) is -0.887. The van der Waals surface area contributed by atoms with Gasteiger partial charge in [-0.15, -0.1) is 11.3 Å². The molecule has 9 rings (SSSR count). The number of hydrogen-bond acceptors (Lipinski definition) is 11. The normalized spacial score (nSPS) is 16.6. The molecule has 2 saturated heterocycles. The first-order valence-electron chi connectivity index (χ1n) is 25.2. The third-order valence-corrected chi connectivity index (χ3v) is 14.8. The van der Waals surface area contributed by atoms with E-state index in [1.54, 1.807) is 52.0 Å². The highest BCUT2D eigenvalue weighted by Crippen LogP contribution is 2.35. The van der Waals surface area contributed by atoms with Crippen LogP contribution in [-0.4, -0.2) is 127 Å². The molecule has 0 aliphatic carbocycles. The number of halogens is 3. The van der Waals surface area contributed by atoms with Crippen LogP contribution in [0.2, 0.25) is 0 Å². The maximum absolute atomic E-state index is 14.1. The number of benzene rings is 3. The number of anilines is 1. The number of nitrogens with zero attached hydrogens (tertiary/aromatic N) is 8. The molecule has 76 heavy (non-hydrogen) atoms. The molecule has 0 unspecified atom stereocenters. The van der Waals surface area contributed by atoms with Crippen molar-refractivity contribution in [1.82, 2.24) is 50.1 Å². The zero-order valence-electron chi connectivity index (χ0n) is 42.9. The van der Waals surface area contributed by atoms with Crippen molar-refractivity contribution < 1.29 is 37.5 Å². The number of aliphatic hydroxyl groups is 1. The van der Waals surface area contributed by atoms with Gasteiger partial charge in [-0.1, -0.05) is 56.9 Å². The molecule has 6 heterocycles. The van der Waals surface area contributed by atoms with Crippen LogP contribution in [0.5, 0.6) is 0 Å². The number of aliphatic hydroxyl groups excluding tert-OH is 1. The summed E-state index contributed by atoms with van der Waals surface area (Å²) in [5.41, 5.74) is 6.16. The lowest BCUT2D eigenvalue weighted by molar-refractivity contribution is -0.144. The van der Waals surface area contributed by atoms with Gasteiger partial charge in [-0.05, 0) is 91.0 Å². The smallest absolute Gasteiger partial charge is 0.391 e. The molecule has 4 aromatic heterocycles. The van der Waals surface area contributed by atoms with Gasteiger partial charge in [0.25, 0.3) is 5.91 Å². The van der Waals surface area contributed by atoms with E-state index in [-0.39, 0.29) is 50.2 Å². The van der Waals surface area contributed by atoms with Gasteiger partial charge in [-0.2, -0.15) is 18.3 Å². The van der Waals surface area contributed by atoms with Gasteiger partial charge in [0.15, 0.2) is 5.65 Å². The average molecular weight is 1060 g/mol. The molecular formula is C56H60F3N11O5S. The van der Waals surface area contributed by atoms with Crippen molar-refractivity contribution in [2.45, 2.75) is 77.9 Å². The van der Waals surface area contributed by atoms with Crippen molar-refractivity contribution in [3.63, 3.8) is 0 Å². The number of pyridine rings is 1. The minimum Gasteiger partial charge on any atom is -0.391 e. The number of nitrogens with one attached hydrogen (secondary N) is 3. The number of fused-ring (bicyclic) bond motifs is 3. The fourth-order valence-electron chi connectivity index (χ4n) is 9.79. The molecule has 0 spiro atoms. The predicted molar refractivity (Wildman–Crippen MR) is 286 cm³/mol. The second-order valence-electron chi connectivity index (χ2n) is 20.4. The second kappa shape index (κ2) is 22.3. The minimum atomic E-state index is -4.46.